The van der Waals surface area contributed by atoms with Gasteiger partial charge in [-0.05, 0) is 12.3 Å². The summed E-state index contributed by atoms with van der Waals surface area (Å²) in [5, 5.41) is 0. The molecule has 0 unspecified atom stereocenters. The van der Waals surface area contributed by atoms with Crippen molar-refractivity contribution < 1.29 is 18.0 Å². The molecule has 0 saturated carbocycles. The SMILES string of the molecule is CC(C)C[C@@H](N)C(=O)N(C)CCC(F)(F)F. The van der Waals surface area contributed by atoms with E-state index in [0.29, 0.717) is 6.42 Å². The minimum Gasteiger partial charge on any atom is -0.344 e. The lowest BCUT2D eigenvalue weighted by atomic mass is 10.0. The maximum atomic E-state index is 11.9. The Bertz CT molecular complexity index is 229. The first-order valence-electron chi connectivity index (χ1n) is 5.20. The van der Waals surface area contributed by atoms with E-state index in [1.54, 1.807) is 0 Å². The highest BCUT2D eigenvalue weighted by Crippen LogP contribution is 2.19. The Morgan fingerprint density at radius 1 is 1.38 bits per heavy atom. The number of halogens is 3. The number of nitrogens with two attached hydrogens (primary N) is 1. The van der Waals surface area contributed by atoms with Crippen molar-refractivity contribution in [2.45, 2.75) is 38.9 Å². The molecule has 0 aliphatic rings. The number of carbonyl (C=O) groups is 1. The zero-order valence-electron chi connectivity index (χ0n) is 9.84. The number of carbonyl (C=O) groups excluding carboxylic acids is 1. The first kappa shape index (κ1) is 15.2. The quantitative estimate of drug-likeness (QED) is 0.796. The largest absolute Gasteiger partial charge is 0.390 e. The van der Waals surface area contributed by atoms with E-state index in [2.05, 4.69) is 0 Å². The van der Waals surface area contributed by atoms with E-state index in [1.807, 2.05) is 13.8 Å². The van der Waals surface area contributed by atoms with Gasteiger partial charge in [0.2, 0.25) is 5.91 Å². The molecule has 3 nitrogen and oxygen atoms in total. The van der Waals surface area contributed by atoms with Gasteiger partial charge < -0.3 is 10.6 Å². The van der Waals surface area contributed by atoms with Crippen LogP contribution in [0.4, 0.5) is 13.2 Å². The molecule has 0 aliphatic carbocycles. The predicted molar refractivity (Wildman–Crippen MR) is 55.7 cm³/mol. The van der Waals surface area contributed by atoms with Crippen LogP contribution in [0.5, 0.6) is 0 Å². The lowest BCUT2D eigenvalue weighted by Crippen LogP contribution is -2.43. The van der Waals surface area contributed by atoms with Crippen molar-refractivity contribution in [3.8, 4) is 0 Å². The summed E-state index contributed by atoms with van der Waals surface area (Å²) in [5.41, 5.74) is 5.59. The monoisotopic (exact) mass is 240 g/mol. The first-order valence-corrected chi connectivity index (χ1v) is 5.20. The number of nitrogens with zero attached hydrogens (tertiary/aromatic N) is 1. The van der Waals surface area contributed by atoms with Crippen LogP contribution in [-0.4, -0.2) is 36.6 Å². The molecular weight excluding hydrogens is 221 g/mol. The highest BCUT2D eigenvalue weighted by atomic mass is 19.4. The van der Waals surface area contributed by atoms with E-state index < -0.39 is 24.5 Å². The molecule has 0 saturated heterocycles. The molecule has 0 aromatic rings. The van der Waals surface area contributed by atoms with Crippen LogP contribution < -0.4 is 5.73 Å². The highest BCUT2D eigenvalue weighted by Gasteiger charge is 2.29. The van der Waals surface area contributed by atoms with Gasteiger partial charge in [0, 0.05) is 13.6 Å². The molecule has 0 bridgehead atoms. The molecule has 0 aromatic heterocycles. The molecular formula is C10H19F3N2O. The van der Waals surface area contributed by atoms with Gasteiger partial charge in [-0.15, -0.1) is 0 Å². The third kappa shape index (κ3) is 6.66. The van der Waals surface area contributed by atoms with Crippen LogP contribution in [-0.2, 0) is 4.79 Å². The summed E-state index contributed by atoms with van der Waals surface area (Å²) in [6.45, 7) is 3.47. The minimum absolute atomic E-state index is 0.245. The third-order valence-corrected chi connectivity index (χ3v) is 2.15. The Kier molecular flexibility index (Phi) is 5.78. The van der Waals surface area contributed by atoms with Gasteiger partial charge in [-0.3, -0.25) is 4.79 Å². The second-order valence-corrected chi connectivity index (χ2v) is 4.36. The van der Waals surface area contributed by atoms with Crippen LogP contribution in [0.2, 0.25) is 0 Å². The molecule has 0 aromatic carbocycles. The fourth-order valence-corrected chi connectivity index (χ4v) is 1.30. The number of rotatable bonds is 5. The molecule has 6 heteroatoms. The third-order valence-electron chi connectivity index (χ3n) is 2.15. The fraction of sp³-hybridized carbons (Fsp3) is 0.900. The normalized spacial score (nSPS) is 14.0. The van der Waals surface area contributed by atoms with Crippen molar-refractivity contribution in [2.75, 3.05) is 13.6 Å². The number of alkyl halides is 3. The standard InChI is InChI=1S/C10H19F3N2O/c1-7(2)6-8(14)9(16)15(3)5-4-10(11,12)13/h7-8H,4-6,14H2,1-3H3/t8-/m1/s1. The van der Waals surface area contributed by atoms with Gasteiger partial charge in [0.15, 0.2) is 0 Å². The number of likely N-dealkylation sites (N-methyl/N-ethyl adjacent to an activating group) is 1. The smallest absolute Gasteiger partial charge is 0.344 e. The Morgan fingerprint density at radius 2 is 1.88 bits per heavy atom. The summed E-state index contributed by atoms with van der Waals surface area (Å²) in [6.07, 6.45) is -4.75. The van der Waals surface area contributed by atoms with Gasteiger partial charge in [0.25, 0.3) is 0 Å². The van der Waals surface area contributed by atoms with Crippen molar-refractivity contribution in [3.05, 3.63) is 0 Å². The topological polar surface area (TPSA) is 46.3 Å². The molecule has 16 heavy (non-hydrogen) atoms. The lowest BCUT2D eigenvalue weighted by molar-refractivity contribution is -0.144. The second-order valence-electron chi connectivity index (χ2n) is 4.36. The van der Waals surface area contributed by atoms with Crippen molar-refractivity contribution in [1.82, 2.24) is 4.90 Å². The molecule has 0 spiro atoms. The van der Waals surface area contributed by atoms with E-state index in [4.69, 9.17) is 5.73 Å². The lowest BCUT2D eigenvalue weighted by Gasteiger charge is -2.22. The van der Waals surface area contributed by atoms with Gasteiger partial charge in [-0.2, -0.15) is 13.2 Å². The van der Waals surface area contributed by atoms with E-state index >= 15 is 0 Å². The number of hydrogen-bond donors (Lipinski definition) is 1. The van der Waals surface area contributed by atoms with Crippen LogP contribution in [0, 0.1) is 5.92 Å². The van der Waals surface area contributed by atoms with Gasteiger partial charge in [0.05, 0.1) is 12.5 Å². The Morgan fingerprint density at radius 3 is 2.25 bits per heavy atom. The zero-order valence-corrected chi connectivity index (χ0v) is 9.84. The molecule has 0 radical (unpaired) electrons. The summed E-state index contributed by atoms with van der Waals surface area (Å²) in [5.74, 6) is -0.187. The van der Waals surface area contributed by atoms with Crippen molar-refractivity contribution in [2.24, 2.45) is 11.7 Å². The van der Waals surface area contributed by atoms with E-state index in [9.17, 15) is 18.0 Å². The molecule has 0 rings (SSSR count). The van der Waals surface area contributed by atoms with Crippen LogP contribution in [0.15, 0.2) is 0 Å². The van der Waals surface area contributed by atoms with Gasteiger partial charge in [-0.1, -0.05) is 13.8 Å². The van der Waals surface area contributed by atoms with Crippen LogP contribution >= 0.6 is 0 Å². The Labute approximate surface area is 93.8 Å². The van der Waals surface area contributed by atoms with Gasteiger partial charge in [0.1, 0.15) is 0 Å². The summed E-state index contributed by atoms with van der Waals surface area (Å²) in [4.78, 5) is 12.6. The van der Waals surface area contributed by atoms with Crippen LogP contribution in [0.25, 0.3) is 0 Å². The molecule has 1 atom stereocenters. The Balaban J connectivity index is 4.08. The van der Waals surface area contributed by atoms with E-state index in [1.165, 1.54) is 7.05 Å². The molecule has 2 N–H and O–H groups in total. The maximum Gasteiger partial charge on any atom is 0.390 e. The number of amides is 1. The summed E-state index contributed by atoms with van der Waals surface area (Å²) in [6, 6.07) is -0.710. The van der Waals surface area contributed by atoms with Crippen molar-refractivity contribution >= 4 is 5.91 Å². The molecule has 0 heterocycles. The van der Waals surface area contributed by atoms with Crippen LogP contribution in [0.1, 0.15) is 26.7 Å². The fourth-order valence-electron chi connectivity index (χ4n) is 1.30. The van der Waals surface area contributed by atoms with E-state index in [0.717, 1.165) is 4.90 Å². The maximum absolute atomic E-state index is 11.9. The summed E-state index contributed by atoms with van der Waals surface area (Å²) < 4.78 is 35.8. The molecule has 0 aliphatic heterocycles. The Hall–Kier alpha value is -0.780. The average molecular weight is 240 g/mol. The van der Waals surface area contributed by atoms with Gasteiger partial charge >= 0.3 is 6.18 Å². The average Bonchev–Trinajstić information content (AvgIpc) is 2.10. The van der Waals surface area contributed by atoms with Crippen LogP contribution in [0.3, 0.4) is 0 Å². The van der Waals surface area contributed by atoms with E-state index in [-0.39, 0.29) is 12.5 Å². The summed E-state index contributed by atoms with van der Waals surface area (Å²) in [7, 11) is 1.34. The van der Waals surface area contributed by atoms with Crippen molar-refractivity contribution in [1.29, 1.82) is 0 Å². The minimum atomic E-state index is -4.24. The van der Waals surface area contributed by atoms with Gasteiger partial charge in [-0.25, -0.2) is 0 Å². The zero-order chi connectivity index (χ0) is 12.9. The van der Waals surface area contributed by atoms with Crippen molar-refractivity contribution in [3.63, 3.8) is 0 Å². The second kappa shape index (κ2) is 6.08. The molecule has 0 fully saturated rings. The summed E-state index contributed by atoms with van der Waals surface area (Å²) >= 11 is 0. The molecule has 96 valence electrons. The predicted octanol–water partition coefficient (Wildman–Crippen LogP) is 1.77. The first-order chi connectivity index (χ1) is 7.13. The number of hydrogen-bond acceptors (Lipinski definition) is 2. The molecule has 1 amide bonds. The highest BCUT2D eigenvalue weighted by molar-refractivity contribution is 5.81.